The summed E-state index contributed by atoms with van der Waals surface area (Å²) in [4.78, 5) is 0. The second kappa shape index (κ2) is 9.92. The number of hydrogen-bond acceptors (Lipinski definition) is 3. The van der Waals surface area contributed by atoms with Crippen molar-refractivity contribution in [1.29, 1.82) is 0 Å². The Morgan fingerprint density at radius 3 is 2.50 bits per heavy atom. The summed E-state index contributed by atoms with van der Waals surface area (Å²) in [6.07, 6.45) is 3.09. The Balaban J connectivity index is 2.20. The molecule has 0 spiro atoms. The minimum Gasteiger partial charge on any atom is -0.387 e. The maximum absolute atomic E-state index is 10.1. The molecule has 0 amide bonds. The van der Waals surface area contributed by atoms with E-state index in [1.807, 2.05) is 26.0 Å². The van der Waals surface area contributed by atoms with E-state index in [0.717, 1.165) is 38.0 Å². The van der Waals surface area contributed by atoms with Crippen molar-refractivity contribution < 1.29 is 9.84 Å². The lowest BCUT2D eigenvalue weighted by molar-refractivity contribution is 0.0763. The smallest absolute Gasteiger partial charge is 0.0914 e. The highest BCUT2D eigenvalue weighted by molar-refractivity contribution is 5.24. The van der Waals surface area contributed by atoms with Gasteiger partial charge >= 0.3 is 0 Å². The number of ether oxygens (including phenoxy) is 1. The SMILES string of the molecule is CCCc1ccc(C(O)CNCCCOC(C)C)cc1. The number of aliphatic hydroxyl groups excluding tert-OH is 1. The molecule has 0 radical (unpaired) electrons. The molecule has 3 nitrogen and oxygen atoms in total. The molecule has 0 aliphatic rings. The zero-order chi connectivity index (χ0) is 14.8. The van der Waals surface area contributed by atoms with Crippen LogP contribution in [-0.4, -0.2) is 30.9 Å². The standard InChI is InChI=1S/C17H29NO2/c1-4-6-15-7-9-16(10-8-15)17(19)13-18-11-5-12-20-14(2)3/h7-10,14,17-19H,4-6,11-13H2,1-3H3. The Morgan fingerprint density at radius 1 is 1.20 bits per heavy atom. The normalized spacial score (nSPS) is 12.8. The topological polar surface area (TPSA) is 41.5 Å². The zero-order valence-corrected chi connectivity index (χ0v) is 13.1. The summed E-state index contributed by atoms with van der Waals surface area (Å²) in [5, 5.41) is 13.4. The summed E-state index contributed by atoms with van der Waals surface area (Å²) >= 11 is 0. The molecular formula is C17H29NO2. The highest BCUT2D eigenvalue weighted by Gasteiger charge is 2.06. The van der Waals surface area contributed by atoms with Gasteiger partial charge in [-0.25, -0.2) is 0 Å². The van der Waals surface area contributed by atoms with Crippen LogP contribution in [0, 0.1) is 0 Å². The van der Waals surface area contributed by atoms with E-state index in [1.165, 1.54) is 5.56 Å². The predicted molar refractivity (Wildman–Crippen MR) is 84.0 cm³/mol. The number of hydrogen-bond donors (Lipinski definition) is 2. The van der Waals surface area contributed by atoms with Gasteiger partial charge in [0.1, 0.15) is 0 Å². The second-order valence-corrected chi connectivity index (χ2v) is 5.48. The summed E-state index contributed by atoms with van der Waals surface area (Å²) in [6.45, 7) is 8.49. The van der Waals surface area contributed by atoms with E-state index in [2.05, 4.69) is 24.4 Å². The van der Waals surface area contributed by atoms with Crippen LogP contribution in [0.2, 0.25) is 0 Å². The van der Waals surface area contributed by atoms with Crippen LogP contribution in [0.1, 0.15) is 50.8 Å². The highest BCUT2D eigenvalue weighted by Crippen LogP contribution is 2.14. The van der Waals surface area contributed by atoms with Gasteiger partial charge in [0.25, 0.3) is 0 Å². The maximum Gasteiger partial charge on any atom is 0.0914 e. The quantitative estimate of drug-likeness (QED) is 0.647. The van der Waals surface area contributed by atoms with Crippen LogP contribution in [0.5, 0.6) is 0 Å². The summed E-state index contributed by atoms with van der Waals surface area (Å²) < 4.78 is 5.47. The number of aliphatic hydroxyl groups is 1. The largest absolute Gasteiger partial charge is 0.387 e. The van der Waals surface area contributed by atoms with Crippen molar-refractivity contribution in [1.82, 2.24) is 5.32 Å². The van der Waals surface area contributed by atoms with Gasteiger partial charge in [-0.1, -0.05) is 37.6 Å². The molecule has 1 aromatic rings. The molecule has 2 N–H and O–H groups in total. The van der Waals surface area contributed by atoms with Crippen molar-refractivity contribution in [3.8, 4) is 0 Å². The van der Waals surface area contributed by atoms with Crippen molar-refractivity contribution in [3.05, 3.63) is 35.4 Å². The average Bonchev–Trinajstić information content (AvgIpc) is 2.43. The van der Waals surface area contributed by atoms with Gasteiger partial charge in [0, 0.05) is 13.2 Å². The third kappa shape index (κ3) is 7.04. The van der Waals surface area contributed by atoms with E-state index in [0.29, 0.717) is 12.6 Å². The van der Waals surface area contributed by atoms with Crippen LogP contribution in [0.15, 0.2) is 24.3 Å². The fourth-order valence-corrected chi connectivity index (χ4v) is 2.07. The van der Waals surface area contributed by atoms with Gasteiger partial charge in [-0.05, 0) is 44.4 Å². The van der Waals surface area contributed by atoms with Crippen molar-refractivity contribution >= 4 is 0 Å². The van der Waals surface area contributed by atoms with Crippen LogP contribution in [0.4, 0.5) is 0 Å². The van der Waals surface area contributed by atoms with Crippen LogP contribution in [0.3, 0.4) is 0 Å². The third-order valence-corrected chi connectivity index (χ3v) is 3.19. The highest BCUT2D eigenvalue weighted by atomic mass is 16.5. The van der Waals surface area contributed by atoms with E-state index in [9.17, 15) is 5.11 Å². The first-order valence-corrected chi connectivity index (χ1v) is 7.72. The molecule has 0 saturated carbocycles. The van der Waals surface area contributed by atoms with Crippen LogP contribution >= 0.6 is 0 Å². The lowest BCUT2D eigenvalue weighted by atomic mass is 10.0. The summed E-state index contributed by atoms with van der Waals surface area (Å²) in [7, 11) is 0. The van der Waals surface area contributed by atoms with E-state index in [4.69, 9.17) is 4.74 Å². The first-order valence-electron chi connectivity index (χ1n) is 7.72. The molecule has 0 aliphatic heterocycles. The summed E-state index contributed by atoms with van der Waals surface area (Å²) in [5.41, 5.74) is 2.32. The number of benzene rings is 1. The first kappa shape index (κ1) is 17.2. The van der Waals surface area contributed by atoms with Gasteiger partial charge < -0.3 is 15.2 Å². The molecule has 1 aromatic carbocycles. The molecule has 0 aromatic heterocycles. The van der Waals surface area contributed by atoms with Crippen molar-refractivity contribution in [2.45, 2.75) is 52.2 Å². The molecule has 20 heavy (non-hydrogen) atoms. The number of rotatable bonds is 10. The third-order valence-electron chi connectivity index (χ3n) is 3.19. The number of aryl methyl sites for hydroxylation is 1. The Morgan fingerprint density at radius 2 is 1.90 bits per heavy atom. The Hall–Kier alpha value is -0.900. The molecule has 1 rings (SSSR count). The molecule has 0 heterocycles. The predicted octanol–water partition coefficient (Wildman–Crippen LogP) is 3.08. The van der Waals surface area contributed by atoms with Crippen LogP contribution < -0.4 is 5.32 Å². The fraction of sp³-hybridized carbons (Fsp3) is 0.647. The van der Waals surface area contributed by atoms with E-state index in [1.54, 1.807) is 0 Å². The molecule has 1 atom stereocenters. The van der Waals surface area contributed by atoms with Gasteiger partial charge in [-0.2, -0.15) is 0 Å². The minimum atomic E-state index is -0.434. The monoisotopic (exact) mass is 279 g/mol. The molecule has 3 heteroatoms. The van der Waals surface area contributed by atoms with Gasteiger partial charge in [0.15, 0.2) is 0 Å². The zero-order valence-electron chi connectivity index (χ0n) is 13.1. The summed E-state index contributed by atoms with van der Waals surface area (Å²) in [5.74, 6) is 0. The van der Waals surface area contributed by atoms with Gasteiger partial charge in [0.05, 0.1) is 12.2 Å². The molecule has 0 bridgehead atoms. The molecule has 0 aliphatic carbocycles. The summed E-state index contributed by atoms with van der Waals surface area (Å²) in [6, 6.07) is 8.27. The van der Waals surface area contributed by atoms with Crippen molar-refractivity contribution in [2.24, 2.45) is 0 Å². The maximum atomic E-state index is 10.1. The first-order chi connectivity index (χ1) is 9.63. The fourth-order valence-electron chi connectivity index (χ4n) is 2.07. The molecule has 0 fully saturated rings. The van der Waals surface area contributed by atoms with E-state index in [-0.39, 0.29) is 0 Å². The Bertz CT molecular complexity index is 349. The van der Waals surface area contributed by atoms with Crippen LogP contribution in [-0.2, 0) is 11.2 Å². The van der Waals surface area contributed by atoms with E-state index >= 15 is 0 Å². The number of nitrogens with one attached hydrogen (secondary N) is 1. The Labute approximate surface area is 123 Å². The Kier molecular flexibility index (Phi) is 8.51. The van der Waals surface area contributed by atoms with Crippen LogP contribution in [0.25, 0.3) is 0 Å². The lowest BCUT2D eigenvalue weighted by Crippen LogP contribution is -2.23. The average molecular weight is 279 g/mol. The lowest BCUT2D eigenvalue weighted by Gasteiger charge is -2.13. The van der Waals surface area contributed by atoms with Gasteiger partial charge in [-0.15, -0.1) is 0 Å². The molecule has 0 saturated heterocycles. The van der Waals surface area contributed by atoms with Crippen molar-refractivity contribution in [2.75, 3.05) is 19.7 Å². The van der Waals surface area contributed by atoms with Crippen molar-refractivity contribution in [3.63, 3.8) is 0 Å². The minimum absolute atomic E-state index is 0.294. The molecule has 1 unspecified atom stereocenters. The molecular weight excluding hydrogens is 250 g/mol. The van der Waals surface area contributed by atoms with E-state index < -0.39 is 6.10 Å². The van der Waals surface area contributed by atoms with Gasteiger partial charge in [-0.3, -0.25) is 0 Å². The molecule has 114 valence electrons. The van der Waals surface area contributed by atoms with Gasteiger partial charge in [0.2, 0.25) is 0 Å². The second-order valence-electron chi connectivity index (χ2n) is 5.48.